The molecule has 1 unspecified atom stereocenters. The Kier molecular flexibility index (Phi) is 6.51. The number of rotatable bonds is 6. The second-order valence-electron chi connectivity index (χ2n) is 9.42. The van der Waals surface area contributed by atoms with E-state index < -0.39 is 0 Å². The van der Waals surface area contributed by atoms with Crippen molar-refractivity contribution in [2.24, 2.45) is 11.3 Å². The molecule has 1 rings (SSSR count). The van der Waals surface area contributed by atoms with E-state index in [0.717, 1.165) is 13.1 Å². The minimum atomic E-state index is -0.0143. The van der Waals surface area contributed by atoms with E-state index in [4.69, 9.17) is 4.74 Å². The lowest BCUT2D eigenvalue weighted by Gasteiger charge is -2.51. The van der Waals surface area contributed by atoms with Crippen molar-refractivity contribution in [2.75, 3.05) is 33.4 Å². The molecule has 0 aromatic heterocycles. The van der Waals surface area contributed by atoms with Crippen molar-refractivity contribution < 1.29 is 4.74 Å². The Morgan fingerprint density at radius 3 is 2.09 bits per heavy atom. The highest BCUT2D eigenvalue weighted by atomic mass is 16.5. The van der Waals surface area contributed by atoms with Crippen molar-refractivity contribution in [3.8, 4) is 0 Å². The highest BCUT2D eigenvalue weighted by Crippen LogP contribution is 2.36. The summed E-state index contributed by atoms with van der Waals surface area (Å²) in [6.07, 6.45) is 2.39. The molecule has 0 saturated carbocycles. The summed E-state index contributed by atoms with van der Waals surface area (Å²) >= 11 is 0. The first-order chi connectivity index (χ1) is 9.89. The molecule has 0 spiro atoms. The van der Waals surface area contributed by atoms with Gasteiger partial charge in [0.05, 0.1) is 12.3 Å². The van der Waals surface area contributed by atoms with Crippen LogP contribution in [0.25, 0.3) is 0 Å². The van der Waals surface area contributed by atoms with Gasteiger partial charge in [-0.05, 0) is 51.9 Å². The van der Waals surface area contributed by atoms with Gasteiger partial charge in [0.25, 0.3) is 0 Å². The molecule has 132 valence electrons. The van der Waals surface area contributed by atoms with Crippen molar-refractivity contribution in [2.45, 2.75) is 79.4 Å². The Hall–Kier alpha value is -0.120. The second kappa shape index (κ2) is 7.19. The van der Waals surface area contributed by atoms with Gasteiger partial charge in [-0.3, -0.25) is 9.80 Å². The predicted octanol–water partition coefficient (Wildman–Crippen LogP) is 4.23. The Morgan fingerprint density at radius 1 is 1.00 bits per heavy atom. The molecule has 22 heavy (non-hydrogen) atoms. The molecule has 1 aliphatic heterocycles. The zero-order valence-electron chi connectivity index (χ0n) is 16.6. The van der Waals surface area contributed by atoms with Gasteiger partial charge in [-0.25, -0.2) is 0 Å². The summed E-state index contributed by atoms with van der Waals surface area (Å²) in [5, 5.41) is 0. The Labute approximate surface area is 139 Å². The van der Waals surface area contributed by atoms with Crippen molar-refractivity contribution in [1.29, 1.82) is 0 Å². The van der Waals surface area contributed by atoms with E-state index in [0.29, 0.717) is 11.3 Å². The van der Waals surface area contributed by atoms with E-state index in [1.54, 1.807) is 0 Å². The maximum atomic E-state index is 5.59. The van der Waals surface area contributed by atoms with Gasteiger partial charge in [0.2, 0.25) is 0 Å². The average Bonchev–Trinajstić information content (AvgIpc) is 2.37. The van der Waals surface area contributed by atoms with Crippen molar-refractivity contribution in [1.82, 2.24) is 9.80 Å². The Morgan fingerprint density at radius 2 is 1.59 bits per heavy atom. The zero-order chi connectivity index (χ0) is 17.2. The summed E-state index contributed by atoms with van der Waals surface area (Å²) in [7, 11) is 1.82. The lowest BCUT2D eigenvalue weighted by atomic mass is 9.75. The Bertz CT molecular complexity index is 344. The summed E-state index contributed by atoms with van der Waals surface area (Å²) < 4.78 is 5.59. The second-order valence-corrected chi connectivity index (χ2v) is 9.42. The van der Waals surface area contributed by atoms with Crippen LogP contribution in [0.3, 0.4) is 0 Å². The molecule has 1 atom stereocenters. The fourth-order valence-electron chi connectivity index (χ4n) is 3.38. The van der Waals surface area contributed by atoms with Crippen LogP contribution in [-0.4, -0.2) is 54.4 Å². The average molecular weight is 313 g/mol. The van der Waals surface area contributed by atoms with Crippen LogP contribution in [0.2, 0.25) is 0 Å². The van der Waals surface area contributed by atoms with Crippen LogP contribution < -0.4 is 0 Å². The van der Waals surface area contributed by atoms with E-state index in [1.807, 2.05) is 7.11 Å². The van der Waals surface area contributed by atoms with E-state index in [9.17, 15) is 0 Å². The highest BCUT2D eigenvalue weighted by Gasteiger charge is 2.40. The molecular formula is C19H40N2O. The fraction of sp³-hybridized carbons (Fsp3) is 1.00. The maximum Gasteiger partial charge on any atom is 0.0625 e. The molecule has 1 aliphatic rings. The van der Waals surface area contributed by atoms with Crippen molar-refractivity contribution >= 4 is 0 Å². The summed E-state index contributed by atoms with van der Waals surface area (Å²) in [5.41, 5.74) is 0.500. The molecule has 1 saturated heterocycles. The van der Waals surface area contributed by atoms with Gasteiger partial charge in [-0.1, -0.05) is 27.7 Å². The van der Waals surface area contributed by atoms with Gasteiger partial charge in [0.15, 0.2) is 0 Å². The van der Waals surface area contributed by atoms with E-state index >= 15 is 0 Å². The number of hydrogen-bond donors (Lipinski definition) is 0. The summed E-state index contributed by atoms with van der Waals surface area (Å²) in [6, 6.07) is 0. The largest absolute Gasteiger partial charge is 0.379 e. The van der Waals surface area contributed by atoms with Gasteiger partial charge in [-0.15, -0.1) is 0 Å². The first-order valence-corrected chi connectivity index (χ1v) is 8.91. The van der Waals surface area contributed by atoms with Crippen molar-refractivity contribution in [3.05, 3.63) is 0 Å². The minimum absolute atomic E-state index is 0.0143. The quantitative estimate of drug-likeness (QED) is 0.730. The molecule has 1 fully saturated rings. The van der Waals surface area contributed by atoms with Crippen LogP contribution in [0.4, 0.5) is 0 Å². The maximum absolute atomic E-state index is 5.59. The SMILES string of the molecule is COC(C)(C)CC(C)CN1CCCN(C(C)(C)C(C)(C)C)C1. The van der Waals surface area contributed by atoms with E-state index in [-0.39, 0.29) is 11.1 Å². The third-order valence-electron chi connectivity index (χ3n) is 5.86. The van der Waals surface area contributed by atoms with Crippen LogP contribution in [0.15, 0.2) is 0 Å². The van der Waals surface area contributed by atoms with Gasteiger partial charge in [0.1, 0.15) is 0 Å². The third kappa shape index (κ3) is 5.21. The van der Waals surface area contributed by atoms with Gasteiger partial charge >= 0.3 is 0 Å². The molecule has 0 aromatic carbocycles. The van der Waals surface area contributed by atoms with Gasteiger partial charge < -0.3 is 4.74 Å². The standard InChI is InChI=1S/C19H40N2O/c1-16(13-18(5,6)22-9)14-20-11-10-12-21(15-20)19(7,8)17(2,3)4/h16H,10-15H2,1-9H3. The predicted molar refractivity (Wildman–Crippen MR) is 96.2 cm³/mol. The number of hydrogen-bond acceptors (Lipinski definition) is 3. The normalized spacial score (nSPS) is 21.1. The molecular weight excluding hydrogens is 272 g/mol. The molecule has 0 N–H and O–H groups in total. The van der Waals surface area contributed by atoms with Crippen LogP contribution in [0, 0.1) is 11.3 Å². The summed E-state index contributed by atoms with van der Waals surface area (Å²) in [6.45, 7) is 23.3. The van der Waals surface area contributed by atoms with Crippen LogP contribution in [0.5, 0.6) is 0 Å². The molecule has 0 aliphatic carbocycles. The number of nitrogens with zero attached hydrogens (tertiary/aromatic N) is 2. The van der Waals surface area contributed by atoms with Crippen LogP contribution >= 0.6 is 0 Å². The monoisotopic (exact) mass is 312 g/mol. The number of ether oxygens (including phenoxy) is 1. The highest BCUT2D eigenvalue weighted by molar-refractivity contribution is 4.93. The first-order valence-electron chi connectivity index (χ1n) is 8.91. The fourth-order valence-corrected chi connectivity index (χ4v) is 3.38. The molecule has 1 heterocycles. The number of methoxy groups -OCH3 is 1. The van der Waals surface area contributed by atoms with Crippen LogP contribution in [-0.2, 0) is 4.74 Å². The zero-order valence-corrected chi connectivity index (χ0v) is 16.6. The lowest BCUT2D eigenvalue weighted by molar-refractivity contribution is -0.0500. The third-order valence-corrected chi connectivity index (χ3v) is 5.86. The lowest BCUT2D eigenvalue weighted by Crippen LogP contribution is -2.59. The minimum Gasteiger partial charge on any atom is -0.379 e. The molecule has 0 amide bonds. The summed E-state index contributed by atoms with van der Waals surface area (Å²) in [4.78, 5) is 5.30. The van der Waals surface area contributed by atoms with E-state index in [1.165, 1.54) is 26.1 Å². The molecule has 0 bridgehead atoms. The topological polar surface area (TPSA) is 15.7 Å². The molecule has 0 radical (unpaired) electrons. The van der Waals surface area contributed by atoms with Crippen molar-refractivity contribution in [3.63, 3.8) is 0 Å². The van der Waals surface area contributed by atoms with Gasteiger partial charge in [0, 0.05) is 32.3 Å². The molecule has 3 nitrogen and oxygen atoms in total. The molecule has 0 aromatic rings. The van der Waals surface area contributed by atoms with Crippen LogP contribution in [0.1, 0.15) is 68.2 Å². The Balaban J connectivity index is 2.61. The van der Waals surface area contributed by atoms with Gasteiger partial charge in [-0.2, -0.15) is 0 Å². The van der Waals surface area contributed by atoms with E-state index in [2.05, 4.69) is 65.2 Å². The smallest absolute Gasteiger partial charge is 0.0625 e. The first kappa shape index (κ1) is 19.9. The molecule has 3 heteroatoms. The summed E-state index contributed by atoms with van der Waals surface area (Å²) in [5.74, 6) is 0.660.